The highest BCUT2D eigenvalue weighted by Gasteiger charge is 2.13. The van der Waals surface area contributed by atoms with Gasteiger partial charge in [0, 0.05) is 32.8 Å². The maximum atomic E-state index is 5.21. The molecule has 18 heavy (non-hydrogen) atoms. The molecule has 0 saturated heterocycles. The van der Waals surface area contributed by atoms with Crippen LogP contribution < -0.4 is 5.32 Å². The predicted molar refractivity (Wildman–Crippen MR) is 80.2 cm³/mol. The monoisotopic (exact) mass is 258 g/mol. The van der Waals surface area contributed by atoms with Crippen molar-refractivity contribution in [1.29, 1.82) is 0 Å². The van der Waals surface area contributed by atoms with Gasteiger partial charge in [0.2, 0.25) is 0 Å². The first-order valence-electron chi connectivity index (χ1n) is 7.73. The Kier molecular flexibility index (Phi) is 13.2. The maximum Gasteiger partial charge on any atom is 0.0589 e. The Balaban J connectivity index is 3.78. The van der Waals surface area contributed by atoms with Crippen molar-refractivity contribution in [3.63, 3.8) is 0 Å². The van der Waals surface area contributed by atoms with Crippen LogP contribution in [0.25, 0.3) is 0 Å². The van der Waals surface area contributed by atoms with E-state index in [0.717, 1.165) is 32.8 Å². The van der Waals surface area contributed by atoms with Gasteiger partial charge in [0.15, 0.2) is 0 Å². The van der Waals surface area contributed by atoms with Gasteiger partial charge in [0.05, 0.1) is 6.61 Å². The van der Waals surface area contributed by atoms with E-state index < -0.39 is 0 Å². The molecule has 0 saturated carbocycles. The van der Waals surface area contributed by atoms with E-state index in [1.54, 1.807) is 7.11 Å². The molecule has 0 amide bonds. The molecule has 0 aliphatic carbocycles. The van der Waals surface area contributed by atoms with E-state index in [-0.39, 0.29) is 0 Å². The quantitative estimate of drug-likeness (QED) is 0.514. The molecule has 0 rings (SSSR count). The number of nitrogens with zero attached hydrogens (tertiary/aromatic N) is 1. The van der Waals surface area contributed by atoms with Gasteiger partial charge in [-0.1, -0.05) is 33.6 Å². The molecule has 110 valence electrons. The zero-order valence-electron chi connectivity index (χ0n) is 13.0. The average molecular weight is 258 g/mol. The van der Waals surface area contributed by atoms with Crippen LogP contribution in [0.4, 0.5) is 0 Å². The van der Waals surface area contributed by atoms with Gasteiger partial charge in [-0.2, -0.15) is 0 Å². The van der Waals surface area contributed by atoms with Crippen molar-refractivity contribution in [3.05, 3.63) is 0 Å². The van der Waals surface area contributed by atoms with E-state index in [0.29, 0.717) is 6.04 Å². The fraction of sp³-hybridized carbons (Fsp3) is 1.00. The molecule has 0 atom stereocenters. The highest BCUT2D eigenvalue weighted by Crippen LogP contribution is 2.07. The standard InChI is InChI=1S/C15H34N2O/c1-5-8-9-10-16-11-12-17(13-14-18-4)15(6-2)7-3/h15-16H,5-14H2,1-4H3. The molecular weight excluding hydrogens is 224 g/mol. The van der Waals surface area contributed by atoms with E-state index >= 15 is 0 Å². The molecule has 0 aromatic heterocycles. The number of methoxy groups -OCH3 is 1. The lowest BCUT2D eigenvalue weighted by atomic mass is 10.1. The van der Waals surface area contributed by atoms with E-state index in [9.17, 15) is 0 Å². The third kappa shape index (κ3) is 8.90. The lowest BCUT2D eigenvalue weighted by Gasteiger charge is -2.30. The van der Waals surface area contributed by atoms with E-state index in [4.69, 9.17) is 4.74 Å². The lowest BCUT2D eigenvalue weighted by Crippen LogP contribution is -2.41. The number of ether oxygens (including phenoxy) is 1. The highest BCUT2D eigenvalue weighted by atomic mass is 16.5. The number of nitrogens with one attached hydrogen (secondary N) is 1. The second-order valence-corrected chi connectivity index (χ2v) is 4.96. The van der Waals surface area contributed by atoms with Crippen molar-refractivity contribution in [1.82, 2.24) is 10.2 Å². The van der Waals surface area contributed by atoms with Crippen molar-refractivity contribution in [3.8, 4) is 0 Å². The van der Waals surface area contributed by atoms with Gasteiger partial charge in [-0.15, -0.1) is 0 Å². The summed E-state index contributed by atoms with van der Waals surface area (Å²) in [5, 5.41) is 3.55. The Bertz CT molecular complexity index is 161. The summed E-state index contributed by atoms with van der Waals surface area (Å²) in [6, 6.07) is 0.706. The van der Waals surface area contributed by atoms with Gasteiger partial charge in [-0.3, -0.25) is 4.90 Å². The molecule has 0 bridgehead atoms. The average Bonchev–Trinajstić information content (AvgIpc) is 2.40. The fourth-order valence-corrected chi connectivity index (χ4v) is 2.34. The molecule has 0 aliphatic heterocycles. The Morgan fingerprint density at radius 2 is 1.72 bits per heavy atom. The Morgan fingerprint density at radius 3 is 2.28 bits per heavy atom. The summed E-state index contributed by atoms with van der Waals surface area (Å²) in [5.74, 6) is 0. The van der Waals surface area contributed by atoms with E-state index in [1.165, 1.54) is 32.1 Å². The summed E-state index contributed by atoms with van der Waals surface area (Å²) in [5.41, 5.74) is 0. The van der Waals surface area contributed by atoms with Gasteiger partial charge < -0.3 is 10.1 Å². The molecule has 0 aromatic carbocycles. The minimum absolute atomic E-state index is 0.706. The molecule has 0 spiro atoms. The zero-order valence-corrected chi connectivity index (χ0v) is 13.0. The van der Waals surface area contributed by atoms with Crippen LogP contribution in [-0.2, 0) is 4.74 Å². The second-order valence-electron chi connectivity index (χ2n) is 4.96. The number of unbranched alkanes of at least 4 members (excludes halogenated alkanes) is 2. The van der Waals surface area contributed by atoms with Crippen LogP contribution in [0.5, 0.6) is 0 Å². The topological polar surface area (TPSA) is 24.5 Å². The van der Waals surface area contributed by atoms with Crippen molar-refractivity contribution in [2.75, 3.05) is 39.9 Å². The first-order chi connectivity index (χ1) is 8.79. The molecule has 0 heterocycles. The molecule has 1 N–H and O–H groups in total. The first kappa shape index (κ1) is 17.9. The molecule has 0 radical (unpaired) electrons. The van der Waals surface area contributed by atoms with Crippen LogP contribution in [-0.4, -0.2) is 50.8 Å². The summed E-state index contributed by atoms with van der Waals surface area (Å²) in [6.45, 7) is 12.1. The molecule has 0 fully saturated rings. The minimum atomic E-state index is 0.706. The van der Waals surface area contributed by atoms with Crippen LogP contribution in [0.15, 0.2) is 0 Å². The third-order valence-corrected chi connectivity index (χ3v) is 3.57. The van der Waals surface area contributed by atoms with Crippen molar-refractivity contribution in [2.45, 2.75) is 58.9 Å². The highest BCUT2D eigenvalue weighted by molar-refractivity contribution is 4.70. The van der Waals surface area contributed by atoms with Crippen LogP contribution in [0.2, 0.25) is 0 Å². The summed E-state index contributed by atoms with van der Waals surface area (Å²) < 4.78 is 5.21. The first-order valence-corrected chi connectivity index (χ1v) is 7.73. The van der Waals surface area contributed by atoms with Crippen LogP contribution in [0.3, 0.4) is 0 Å². The van der Waals surface area contributed by atoms with Crippen molar-refractivity contribution >= 4 is 0 Å². The van der Waals surface area contributed by atoms with Gasteiger partial charge in [0.25, 0.3) is 0 Å². The fourth-order valence-electron chi connectivity index (χ4n) is 2.34. The van der Waals surface area contributed by atoms with Crippen molar-refractivity contribution in [2.24, 2.45) is 0 Å². The Hall–Kier alpha value is -0.120. The molecular formula is C15H34N2O. The van der Waals surface area contributed by atoms with Gasteiger partial charge in [-0.05, 0) is 25.8 Å². The Morgan fingerprint density at radius 1 is 1.00 bits per heavy atom. The van der Waals surface area contributed by atoms with Gasteiger partial charge in [0.1, 0.15) is 0 Å². The summed E-state index contributed by atoms with van der Waals surface area (Å²) in [4.78, 5) is 2.57. The molecule has 3 nitrogen and oxygen atoms in total. The van der Waals surface area contributed by atoms with Gasteiger partial charge >= 0.3 is 0 Å². The van der Waals surface area contributed by atoms with Crippen LogP contribution in [0.1, 0.15) is 52.9 Å². The van der Waals surface area contributed by atoms with Crippen molar-refractivity contribution < 1.29 is 4.74 Å². The third-order valence-electron chi connectivity index (χ3n) is 3.57. The zero-order chi connectivity index (χ0) is 13.6. The summed E-state index contributed by atoms with van der Waals surface area (Å²) >= 11 is 0. The van der Waals surface area contributed by atoms with E-state index in [2.05, 4.69) is 31.0 Å². The largest absolute Gasteiger partial charge is 0.383 e. The molecule has 0 unspecified atom stereocenters. The summed E-state index contributed by atoms with van der Waals surface area (Å²) in [6.07, 6.45) is 6.41. The lowest BCUT2D eigenvalue weighted by molar-refractivity contribution is 0.116. The second kappa shape index (κ2) is 13.3. The molecule has 0 aliphatic rings. The number of rotatable bonds is 13. The summed E-state index contributed by atoms with van der Waals surface area (Å²) in [7, 11) is 1.79. The van der Waals surface area contributed by atoms with Crippen LogP contribution >= 0.6 is 0 Å². The number of hydrogen-bond donors (Lipinski definition) is 1. The smallest absolute Gasteiger partial charge is 0.0589 e. The number of hydrogen-bond acceptors (Lipinski definition) is 3. The molecule has 0 aromatic rings. The molecule has 3 heteroatoms. The predicted octanol–water partition coefficient (Wildman–Crippen LogP) is 2.90. The Labute approximate surface area is 114 Å². The minimum Gasteiger partial charge on any atom is -0.383 e. The van der Waals surface area contributed by atoms with E-state index in [1.807, 2.05) is 0 Å². The van der Waals surface area contributed by atoms with Crippen LogP contribution in [0, 0.1) is 0 Å². The SMILES string of the molecule is CCCCCNCCN(CCOC)C(CC)CC. The normalized spacial score (nSPS) is 11.7. The maximum absolute atomic E-state index is 5.21. The van der Waals surface area contributed by atoms with Gasteiger partial charge in [-0.25, -0.2) is 0 Å².